The van der Waals surface area contributed by atoms with Crippen LogP contribution in [0.2, 0.25) is 0 Å². The van der Waals surface area contributed by atoms with E-state index in [0.29, 0.717) is 0 Å². The van der Waals surface area contributed by atoms with E-state index in [1.165, 1.54) is 49.4 Å². The van der Waals surface area contributed by atoms with Gasteiger partial charge in [-0.2, -0.15) is 0 Å². The van der Waals surface area contributed by atoms with Crippen LogP contribution < -0.4 is 4.90 Å². The van der Waals surface area contributed by atoms with Gasteiger partial charge in [-0.15, -0.1) is 0 Å². The zero-order chi connectivity index (χ0) is 41.0. The fourth-order valence-corrected chi connectivity index (χ4v) is 9.24. The number of aromatic nitrogens is 3. The molecule has 0 atom stereocenters. The van der Waals surface area contributed by atoms with E-state index >= 15 is 0 Å². The topological polar surface area (TPSA) is 34.0 Å². The van der Waals surface area contributed by atoms with Crippen LogP contribution in [-0.4, -0.2) is 14.5 Å². The summed E-state index contributed by atoms with van der Waals surface area (Å²) in [6.45, 7) is 0. The lowest BCUT2D eigenvalue weighted by Crippen LogP contribution is -2.10. The number of rotatable bonds is 7. The van der Waals surface area contributed by atoms with Crippen molar-refractivity contribution in [3.63, 3.8) is 0 Å². The SMILES string of the molecule is c1ccc(-c2ccc3c(c2)c2cc(-c4ccccc4)ccc2c2nc(-c4ccc(N(c5ccccc5)c5ccc(-n6c7ccccc7c7ccccc76)cc5)cc4)cnc32)cc1. The van der Waals surface area contributed by atoms with Gasteiger partial charge >= 0.3 is 0 Å². The molecule has 0 saturated carbocycles. The number of benzene rings is 10. The van der Waals surface area contributed by atoms with Crippen molar-refractivity contribution in [1.82, 2.24) is 14.5 Å². The lowest BCUT2D eigenvalue weighted by molar-refractivity contribution is 1.17. The summed E-state index contributed by atoms with van der Waals surface area (Å²) < 4.78 is 2.36. The zero-order valence-corrected chi connectivity index (χ0v) is 33.7. The second-order valence-electron chi connectivity index (χ2n) is 15.8. The molecule has 290 valence electrons. The van der Waals surface area contributed by atoms with Gasteiger partial charge in [-0.3, -0.25) is 4.98 Å². The summed E-state index contributed by atoms with van der Waals surface area (Å²) in [5, 5.41) is 7.02. The Kier molecular flexibility index (Phi) is 8.46. The van der Waals surface area contributed by atoms with Gasteiger partial charge in [-0.25, -0.2) is 4.98 Å². The van der Waals surface area contributed by atoms with Crippen LogP contribution in [0.15, 0.2) is 231 Å². The van der Waals surface area contributed by atoms with Crippen molar-refractivity contribution in [3.05, 3.63) is 231 Å². The number of fused-ring (bicyclic) bond motifs is 9. The molecule has 62 heavy (non-hydrogen) atoms. The fraction of sp³-hybridized carbons (Fsp3) is 0. The largest absolute Gasteiger partial charge is 0.311 e. The first kappa shape index (κ1) is 35.6. The van der Waals surface area contributed by atoms with Crippen LogP contribution in [0.1, 0.15) is 0 Å². The molecule has 0 aliphatic heterocycles. The maximum atomic E-state index is 5.40. The van der Waals surface area contributed by atoms with Crippen molar-refractivity contribution in [3.8, 4) is 39.2 Å². The van der Waals surface area contributed by atoms with Gasteiger partial charge in [0.25, 0.3) is 0 Å². The Hall–Kier alpha value is -8.34. The van der Waals surface area contributed by atoms with Crippen molar-refractivity contribution >= 4 is 71.4 Å². The van der Waals surface area contributed by atoms with Crippen LogP contribution in [0.25, 0.3) is 93.6 Å². The summed E-state index contributed by atoms with van der Waals surface area (Å²) in [6.07, 6.45) is 1.93. The van der Waals surface area contributed by atoms with Crippen LogP contribution in [0.3, 0.4) is 0 Å². The molecule has 12 rings (SSSR count). The van der Waals surface area contributed by atoms with Crippen molar-refractivity contribution in [2.75, 3.05) is 4.90 Å². The third-order valence-electron chi connectivity index (χ3n) is 12.2. The number of nitrogens with zero attached hydrogens (tertiary/aromatic N) is 4. The number of hydrogen-bond acceptors (Lipinski definition) is 3. The lowest BCUT2D eigenvalue weighted by atomic mass is 9.93. The highest BCUT2D eigenvalue weighted by atomic mass is 15.1. The summed E-state index contributed by atoms with van der Waals surface area (Å²) >= 11 is 0. The minimum Gasteiger partial charge on any atom is -0.311 e. The molecule has 0 aliphatic rings. The van der Waals surface area contributed by atoms with Crippen LogP contribution in [0.5, 0.6) is 0 Å². The number of hydrogen-bond donors (Lipinski definition) is 0. The monoisotopic (exact) mass is 790 g/mol. The van der Waals surface area contributed by atoms with E-state index < -0.39 is 0 Å². The summed E-state index contributed by atoms with van der Waals surface area (Å²) in [5.41, 5.74) is 15.1. The van der Waals surface area contributed by atoms with Crippen LogP contribution in [0, 0.1) is 0 Å². The molecule has 0 radical (unpaired) electrons. The first-order valence-electron chi connectivity index (χ1n) is 21.1. The molecule has 0 spiro atoms. The molecule has 12 aromatic rings. The van der Waals surface area contributed by atoms with Gasteiger partial charge < -0.3 is 9.47 Å². The smallest absolute Gasteiger partial charge is 0.0979 e. The molecular weight excluding hydrogens is 753 g/mol. The summed E-state index contributed by atoms with van der Waals surface area (Å²) in [7, 11) is 0. The normalized spacial score (nSPS) is 11.5. The Morgan fingerprint density at radius 1 is 0.323 bits per heavy atom. The van der Waals surface area contributed by atoms with Gasteiger partial charge in [0, 0.05) is 49.9 Å². The van der Waals surface area contributed by atoms with Crippen molar-refractivity contribution < 1.29 is 0 Å². The van der Waals surface area contributed by atoms with E-state index in [1.807, 2.05) is 6.20 Å². The van der Waals surface area contributed by atoms with E-state index in [-0.39, 0.29) is 0 Å². The Labute approximate surface area is 359 Å². The average Bonchev–Trinajstić information content (AvgIpc) is 3.69. The molecule has 2 heterocycles. The third kappa shape index (κ3) is 6.00. The van der Waals surface area contributed by atoms with Crippen molar-refractivity contribution in [1.29, 1.82) is 0 Å². The molecule has 0 aliphatic carbocycles. The highest BCUT2D eigenvalue weighted by molar-refractivity contribution is 6.24. The van der Waals surface area contributed by atoms with Gasteiger partial charge in [0.05, 0.1) is 34.0 Å². The minimum absolute atomic E-state index is 0.833. The third-order valence-corrected chi connectivity index (χ3v) is 12.2. The Balaban J connectivity index is 0.947. The van der Waals surface area contributed by atoms with E-state index in [9.17, 15) is 0 Å². The number of anilines is 3. The summed E-state index contributed by atoms with van der Waals surface area (Å²) in [6, 6.07) is 80.1. The highest BCUT2D eigenvalue weighted by Gasteiger charge is 2.18. The van der Waals surface area contributed by atoms with Crippen LogP contribution in [0.4, 0.5) is 17.1 Å². The molecule has 4 nitrogen and oxygen atoms in total. The van der Waals surface area contributed by atoms with E-state index in [0.717, 1.165) is 61.2 Å². The van der Waals surface area contributed by atoms with E-state index in [4.69, 9.17) is 9.97 Å². The lowest BCUT2D eigenvalue weighted by Gasteiger charge is -2.26. The first-order chi connectivity index (χ1) is 30.7. The van der Waals surface area contributed by atoms with Crippen molar-refractivity contribution in [2.45, 2.75) is 0 Å². The van der Waals surface area contributed by atoms with Gasteiger partial charge in [0.1, 0.15) is 0 Å². The van der Waals surface area contributed by atoms with Crippen LogP contribution in [-0.2, 0) is 0 Å². The molecule has 0 bridgehead atoms. The minimum atomic E-state index is 0.833. The number of para-hydroxylation sites is 3. The second-order valence-corrected chi connectivity index (χ2v) is 15.8. The summed E-state index contributed by atoms with van der Waals surface area (Å²) in [4.78, 5) is 12.9. The van der Waals surface area contributed by atoms with Crippen molar-refractivity contribution in [2.24, 2.45) is 0 Å². The zero-order valence-electron chi connectivity index (χ0n) is 33.7. The standard InChI is InChI=1S/C58H38N4/c1-4-14-39(15-5-1)42-26-34-50-52(36-42)53-37-43(40-16-6-2-7-17-40)27-35-51(53)58-57(50)59-38-54(60-58)41-24-28-45(29-25-41)61(44-18-8-3-9-19-44)46-30-32-47(33-31-46)62-55-22-12-10-20-48(55)49-21-11-13-23-56(49)62/h1-38H. The second kappa shape index (κ2) is 14.7. The molecule has 0 amide bonds. The fourth-order valence-electron chi connectivity index (χ4n) is 9.24. The quantitative estimate of drug-likeness (QED) is 0.151. The van der Waals surface area contributed by atoms with E-state index in [1.54, 1.807) is 0 Å². The summed E-state index contributed by atoms with van der Waals surface area (Å²) in [5.74, 6) is 0. The molecule has 0 unspecified atom stereocenters. The Morgan fingerprint density at radius 3 is 1.34 bits per heavy atom. The Bertz CT molecular complexity index is 3540. The predicted molar refractivity (Wildman–Crippen MR) is 260 cm³/mol. The van der Waals surface area contributed by atoms with Gasteiger partial charge in [-0.1, -0.05) is 152 Å². The highest BCUT2D eigenvalue weighted by Crippen LogP contribution is 2.40. The Morgan fingerprint density at radius 2 is 0.774 bits per heavy atom. The molecule has 0 N–H and O–H groups in total. The van der Waals surface area contributed by atoms with Gasteiger partial charge in [-0.05, 0) is 106 Å². The molecular formula is C58H38N4. The molecule has 10 aromatic carbocycles. The first-order valence-corrected chi connectivity index (χ1v) is 21.1. The van der Waals surface area contributed by atoms with E-state index in [2.05, 4.69) is 234 Å². The molecule has 0 fully saturated rings. The molecule has 4 heteroatoms. The predicted octanol–water partition coefficient (Wildman–Crippen LogP) is 15.5. The van der Waals surface area contributed by atoms with Gasteiger partial charge in [0.15, 0.2) is 0 Å². The molecule has 0 saturated heterocycles. The average molecular weight is 791 g/mol. The van der Waals surface area contributed by atoms with Gasteiger partial charge in [0.2, 0.25) is 0 Å². The molecule has 2 aromatic heterocycles. The maximum absolute atomic E-state index is 5.40. The maximum Gasteiger partial charge on any atom is 0.0979 e. The van der Waals surface area contributed by atoms with Crippen LogP contribution >= 0.6 is 0 Å².